The molecule has 27 heavy (non-hydrogen) atoms. The lowest BCUT2D eigenvalue weighted by Gasteiger charge is -2.14. The molecule has 0 aliphatic carbocycles. The highest BCUT2D eigenvalue weighted by atomic mass is 16.6. The maximum atomic E-state index is 11.3. The first-order valence-corrected chi connectivity index (χ1v) is 8.12. The Morgan fingerprint density at radius 2 is 1.33 bits per heavy atom. The molecule has 0 amide bonds. The van der Waals surface area contributed by atoms with E-state index in [-0.39, 0.29) is 53.0 Å². The zero-order chi connectivity index (χ0) is 19.6. The van der Waals surface area contributed by atoms with E-state index in [1.807, 2.05) is 30.3 Å². The summed E-state index contributed by atoms with van der Waals surface area (Å²) < 4.78 is 10.3. The molecule has 3 rings (SSSR count). The quantitative estimate of drug-likeness (QED) is 0.452. The first kappa shape index (κ1) is 18.2. The second-order valence-electron chi connectivity index (χ2n) is 6.11. The van der Waals surface area contributed by atoms with Crippen molar-refractivity contribution in [1.82, 2.24) is 10.3 Å². The fourth-order valence-electron chi connectivity index (χ4n) is 3.04. The lowest BCUT2D eigenvalue weighted by atomic mass is 9.89. The number of nitro groups is 2. The van der Waals surface area contributed by atoms with Gasteiger partial charge in [-0.05, 0) is 25.3 Å². The molecule has 0 fully saturated rings. The Kier molecular flexibility index (Phi) is 4.97. The van der Waals surface area contributed by atoms with Gasteiger partial charge in [0.1, 0.15) is 0 Å². The van der Waals surface area contributed by atoms with E-state index in [1.54, 1.807) is 0 Å². The van der Waals surface area contributed by atoms with Crippen LogP contribution < -0.4 is 0 Å². The third kappa shape index (κ3) is 3.68. The van der Waals surface area contributed by atoms with Crippen LogP contribution in [-0.2, 0) is 12.8 Å². The van der Waals surface area contributed by atoms with Gasteiger partial charge in [-0.3, -0.25) is 20.2 Å². The highest BCUT2D eigenvalue weighted by Crippen LogP contribution is 2.34. The third-order valence-corrected chi connectivity index (χ3v) is 4.30. The van der Waals surface area contributed by atoms with Gasteiger partial charge in [0.2, 0.25) is 11.5 Å². The fraction of sp³-hybridized carbons (Fsp3) is 0.294. The van der Waals surface area contributed by atoms with Crippen LogP contribution in [-0.4, -0.2) is 20.2 Å². The second kappa shape index (κ2) is 7.36. The molecular formula is C17H16N4O6. The second-order valence-corrected chi connectivity index (χ2v) is 6.11. The molecule has 0 bridgehead atoms. The van der Waals surface area contributed by atoms with Gasteiger partial charge in [0.05, 0.1) is 9.85 Å². The van der Waals surface area contributed by atoms with Crippen molar-refractivity contribution in [3.05, 3.63) is 79.0 Å². The summed E-state index contributed by atoms with van der Waals surface area (Å²) >= 11 is 0. The van der Waals surface area contributed by atoms with Gasteiger partial charge in [-0.2, -0.15) is 0 Å². The zero-order valence-corrected chi connectivity index (χ0v) is 14.6. The molecule has 1 aromatic carbocycles. The maximum absolute atomic E-state index is 11.3. The van der Waals surface area contributed by atoms with Gasteiger partial charge in [-0.1, -0.05) is 40.6 Å². The minimum Gasteiger partial charge on any atom is -0.354 e. The molecule has 0 unspecified atom stereocenters. The Balaban J connectivity index is 1.99. The first-order chi connectivity index (χ1) is 12.9. The molecule has 3 aromatic rings. The third-order valence-electron chi connectivity index (χ3n) is 4.30. The molecule has 0 aliphatic heterocycles. The molecule has 2 aromatic heterocycles. The maximum Gasteiger partial charge on any atom is 0.334 e. The van der Waals surface area contributed by atoms with Crippen LogP contribution >= 0.6 is 0 Å². The van der Waals surface area contributed by atoms with E-state index >= 15 is 0 Å². The molecule has 10 heteroatoms. The Labute approximate surface area is 153 Å². The summed E-state index contributed by atoms with van der Waals surface area (Å²) in [4.78, 5) is 21.6. The lowest BCUT2D eigenvalue weighted by Crippen LogP contribution is -2.08. The summed E-state index contributed by atoms with van der Waals surface area (Å²) in [7, 11) is 0. The molecule has 10 nitrogen and oxygen atoms in total. The van der Waals surface area contributed by atoms with Crippen molar-refractivity contribution in [2.24, 2.45) is 0 Å². The monoisotopic (exact) mass is 372 g/mol. The van der Waals surface area contributed by atoms with Gasteiger partial charge < -0.3 is 9.05 Å². The number of hydrogen-bond donors (Lipinski definition) is 0. The molecule has 0 saturated heterocycles. The number of aromatic nitrogens is 2. The fourth-order valence-corrected chi connectivity index (χ4v) is 3.04. The van der Waals surface area contributed by atoms with Crippen LogP contribution in [0.5, 0.6) is 0 Å². The van der Waals surface area contributed by atoms with E-state index < -0.39 is 9.85 Å². The molecule has 0 spiro atoms. The molecule has 140 valence electrons. The van der Waals surface area contributed by atoms with Gasteiger partial charge in [-0.15, -0.1) is 0 Å². The van der Waals surface area contributed by atoms with E-state index in [9.17, 15) is 20.2 Å². The van der Waals surface area contributed by atoms with Gasteiger partial charge in [0, 0.05) is 12.8 Å². The van der Waals surface area contributed by atoms with Crippen molar-refractivity contribution < 1.29 is 18.9 Å². The van der Waals surface area contributed by atoms with Crippen molar-refractivity contribution in [3.63, 3.8) is 0 Å². The number of benzene rings is 1. The van der Waals surface area contributed by atoms with Crippen molar-refractivity contribution >= 4 is 11.4 Å². The van der Waals surface area contributed by atoms with Crippen LogP contribution in [0, 0.1) is 34.1 Å². The van der Waals surface area contributed by atoms with E-state index in [0.717, 1.165) is 5.56 Å². The van der Waals surface area contributed by atoms with Gasteiger partial charge in [-0.25, -0.2) is 0 Å². The van der Waals surface area contributed by atoms with Crippen LogP contribution in [0.3, 0.4) is 0 Å². The topological polar surface area (TPSA) is 138 Å². The summed E-state index contributed by atoms with van der Waals surface area (Å²) in [5.41, 5.74) is 0.842. The molecule has 0 atom stereocenters. The average molecular weight is 372 g/mol. The lowest BCUT2D eigenvalue weighted by molar-refractivity contribution is -0.386. The molecule has 0 radical (unpaired) electrons. The first-order valence-electron chi connectivity index (χ1n) is 8.12. The van der Waals surface area contributed by atoms with Crippen molar-refractivity contribution in [2.75, 3.05) is 0 Å². The molecule has 2 heterocycles. The van der Waals surface area contributed by atoms with Crippen LogP contribution in [0.4, 0.5) is 11.4 Å². The summed E-state index contributed by atoms with van der Waals surface area (Å²) in [5, 5.41) is 30.0. The van der Waals surface area contributed by atoms with Crippen LogP contribution in [0.1, 0.15) is 34.4 Å². The van der Waals surface area contributed by atoms with Crippen molar-refractivity contribution in [3.8, 4) is 0 Å². The smallest absolute Gasteiger partial charge is 0.334 e. The summed E-state index contributed by atoms with van der Waals surface area (Å²) in [6.45, 7) is 2.99. The summed E-state index contributed by atoms with van der Waals surface area (Å²) in [6, 6.07) is 9.16. The Morgan fingerprint density at radius 3 is 1.74 bits per heavy atom. The minimum atomic E-state index is -0.537. The highest BCUT2D eigenvalue weighted by molar-refractivity contribution is 5.41. The average Bonchev–Trinajstić information content (AvgIpc) is 3.17. The van der Waals surface area contributed by atoms with Crippen LogP contribution in [0.15, 0.2) is 39.4 Å². The van der Waals surface area contributed by atoms with Gasteiger partial charge in [0.15, 0.2) is 11.4 Å². The number of nitrogens with zero attached hydrogens (tertiary/aromatic N) is 4. The Hall–Kier alpha value is -3.56. The normalized spacial score (nSPS) is 11.1. The predicted octanol–water partition coefficient (Wildman–Crippen LogP) is 3.66. The number of hydrogen-bond acceptors (Lipinski definition) is 8. The van der Waals surface area contributed by atoms with E-state index in [4.69, 9.17) is 9.05 Å². The van der Waals surface area contributed by atoms with Gasteiger partial charge >= 0.3 is 11.4 Å². The Morgan fingerprint density at radius 1 is 0.889 bits per heavy atom. The summed E-state index contributed by atoms with van der Waals surface area (Å²) in [6.07, 6.45) is 0.274. The molecule has 0 aliphatic rings. The number of rotatable bonds is 7. The van der Waals surface area contributed by atoms with E-state index in [1.165, 1.54) is 13.8 Å². The zero-order valence-electron chi connectivity index (χ0n) is 14.6. The van der Waals surface area contributed by atoms with Crippen molar-refractivity contribution in [1.29, 1.82) is 0 Å². The Bertz CT molecular complexity index is 918. The minimum absolute atomic E-state index is 0.116. The highest BCUT2D eigenvalue weighted by Gasteiger charge is 2.31. The van der Waals surface area contributed by atoms with Gasteiger partial charge in [0.25, 0.3) is 0 Å². The molecule has 0 N–H and O–H groups in total. The molecular weight excluding hydrogens is 356 g/mol. The van der Waals surface area contributed by atoms with E-state index in [2.05, 4.69) is 10.3 Å². The standard InChI is InChI=1S/C17H16N4O6/c1-10-16(20(22)23)14(26-18-10)8-13(12-6-4-3-5-7-12)9-15-17(21(24)25)11(2)19-27-15/h3-7,13H,8-9H2,1-2H3. The predicted molar refractivity (Wildman–Crippen MR) is 92.4 cm³/mol. The summed E-state index contributed by atoms with van der Waals surface area (Å²) in [5.74, 6) is -0.126. The van der Waals surface area contributed by atoms with Crippen LogP contribution in [0.25, 0.3) is 0 Å². The van der Waals surface area contributed by atoms with Crippen molar-refractivity contribution in [2.45, 2.75) is 32.6 Å². The van der Waals surface area contributed by atoms with Crippen LogP contribution in [0.2, 0.25) is 0 Å². The molecule has 0 saturated carbocycles. The number of aryl methyl sites for hydroxylation is 2. The SMILES string of the molecule is Cc1noc(CC(Cc2onc(C)c2[N+](=O)[O-])c2ccccc2)c1[N+](=O)[O-]. The largest absolute Gasteiger partial charge is 0.354 e. The van der Waals surface area contributed by atoms with E-state index in [0.29, 0.717) is 0 Å².